The molecule has 0 saturated heterocycles. The number of hydrogen-bond acceptors (Lipinski definition) is 2. The quantitative estimate of drug-likeness (QED) is 0.785. The molecule has 0 bridgehead atoms. The van der Waals surface area contributed by atoms with Crippen LogP contribution in [0.15, 0.2) is 24.3 Å². The van der Waals surface area contributed by atoms with Crippen LogP contribution >= 0.6 is 0 Å². The van der Waals surface area contributed by atoms with Gasteiger partial charge >= 0.3 is 0 Å². The monoisotopic (exact) mass is 261 g/mol. The Kier molecular flexibility index (Phi) is 4.68. The molecule has 0 fully saturated rings. The van der Waals surface area contributed by atoms with Gasteiger partial charge in [-0.15, -0.1) is 0 Å². The van der Waals surface area contributed by atoms with Gasteiger partial charge in [-0.1, -0.05) is 6.42 Å². The first-order valence-corrected chi connectivity index (χ1v) is 6.72. The largest absolute Gasteiger partial charge is 0.346 e. The molecule has 1 aromatic heterocycles. The summed E-state index contributed by atoms with van der Waals surface area (Å²) in [5.74, 6) is 0.771. The van der Waals surface area contributed by atoms with Crippen LogP contribution in [0.3, 0.4) is 0 Å². The Morgan fingerprint density at radius 2 is 1.89 bits per heavy atom. The predicted molar refractivity (Wildman–Crippen MR) is 75.3 cm³/mol. The molecule has 4 heteroatoms. The number of halogens is 1. The van der Waals surface area contributed by atoms with Crippen molar-refractivity contribution < 1.29 is 4.39 Å². The molecule has 0 spiro atoms. The first-order chi connectivity index (χ1) is 9.20. The van der Waals surface area contributed by atoms with E-state index in [1.165, 1.54) is 12.1 Å². The molecule has 0 radical (unpaired) electrons. The number of imidazole rings is 1. The molecule has 0 atom stereocenters. The molecule has 0 saturated carbocycles. The van der Waals surface area contributed by atoms with E-state index in [9.17, 15) is 4.39 Å². The second-order valence-electron chi connectivity index (χ2n) is 4.76. The molecular formula is C15H20FN3. The van der Waals surface area contributed by atoms with Crippen LogP contribution in [0.1, 0.15) is 30.8 Å². The van der Waals surface area contributed by atoms with Crippen molar-refractivity contribution in [2.24, 2.45) is 5.73 Å². The number of H-pyrrole nitrogens is 1. The number of nitrogens with two attached hydrogens (primary N) is 1. The third kappa shape index (κ3) is 3.64. The zero-order valence-electron chi connectivity index (χ0n) is 11.2. The van der Waals surface area contributed by atoms with E-state index < -0.39 is 0 Å². The molecular weight excluding hydrogens is 241 g/mol. The van der Waals surface area contributed by atoms with Gasteiger partial charge in [-0.25, -0.2) is 9.37 Å². The van der Waals surface area contributed by atoms with Crippen molar-refractivity contribution in [1.82, 2.24) is 9.97 Å². The van der Waals surface area contributed by atoms with Gasteiger partial charge in [0.15, 0.2) is 0 Å². The first kappa shape index (κ1) is 13.7. The highest BCUT2D eigenvalue weighted by Gasteiger charge is 2.08. The van der Waals surface area contributed by atoms with Crippen molar-refractivity contribution in [1.29, 1.82) is 0 Å². The lowest BCUT2D eigenvalue weighted by Gasteiger charge is -1.98. The average Bonchev–Trinajstić information content (AvgIpc) is 2.77. The molecule has 3 nitrogen and oxygen atoms in total. The van der Waals surface area contributed by atoms with E-state index in [-0.39, 0.29) is 5.82 Å². The number of nitrogens with zero attached hydrogens (tertiary/aromatic N) is 1. The minimum absolute atomic E-state index is 0.223. The summed E-state index contributed by atoms with van der Waals surface area (Å²) in [7, 11) is 0. The Balaban J connectivity index is 2.06. The van der Waals surface area contributed by atoms with Crippen LogP contribution in [0, 0.1) is 12.7 Å². The van der Waals surface area contributed by atoms with Crippen LogP contribution in [-0.2, 0) is 6.42 Å². The number of aryl methyl sites for hydroxylation is 2. The fraction of sp³-hybridized carbons (Fsp3) is 0.400. The topological polar surface area (TPSA) is 54.7 Å². The summed E-state index contributed by atoms with van der Waals surface area (Å²) in [4.78, 5) is 7.90. The lowest BCUT2D eigenvalue weighted by molar-refractivity contribution is 0.628. The molecule has 3 N–H and O–H groups in total. The van der Waals surface area contributed by atoms with Gasteiger partial charge in [-0.3, -0.25) is 0 Å². The first-order valence-electron chi connectivity index (χ1n) is 6.72. The van der Waals surface area contributed by atoms with E-state index in [0.29, 0.717) is 0 Å². The smallest absolute Gasteiger partial charge is 0.123 e. The maximum Gasteiger partial charge on any atom is 0.123 e. The Bertz CT molecular complexity index is 517. The molecule has 1 aromatic carbocycles. The third-order valence-corrected chi connectivity index (χ3v) is 3.17. The average molecular weight is 261 g/mol. The minimum atomic E-state index is -0.223. The Morgan fingerprint density at radius 3 is 2.58 bits per heavy atom. The number of rotatable bonds is 6. The molecule has 0 amide bonds. The second kappa shape index (κ2) is 6.48. The molecule has 0 unspecified atom stereocenters. The summed E-state index contributed by atoms with van der Waals surface area (Å²) in [6, 6.07) is 6.45. The highest BCUT2D eigenvalue weighted by atomic mass is 19.1. The summed E-state index contributed by atoms with van der Waals surface area (Å²) in [5, 5.41) is 0. The minimum Gasteiger partial charge on any atom is -0.346 e. The summed E-state index contributed by atoms with van der Waals surface area (Å²) in [6.45, 7) is 2.74. The molecule has 2 aromatic rings. The van der Waals surface area contributed by atoms with Gasteiger partial charge in [-0.05, 0) is 50.6 Å². The van der Waals surface area contributed by atoms with Crippen LogP contribution in [0.25, 0.3) is 11.3 Å². The normalized spacial score (nSPS) is 10.9. The number of aromatic nitrogens is 2. The Hall–Kier alpha value is -1.68. The number of hydrogen-bond donors (Lipinski definition) is 2. The van der Waals surface area contributed by atoms with Gasteiger partial charge in [0, 0.05) is 17.7 Å². The molecule has 102 valence electrons. The van der Waals surface area contributed by atoms with Crippen LogP contribution < -0.4 is 5.73 Å². The van der Waals surface area contributed by atoms with Crippen molar-refractivity contribution in [3.63, 3.8) is 0 Å². The fourth-order valence-corrected chi connectivity index (χ4v) is 2.14. The maximum atomic E-state index is 12.9. The van der Waals surface area contributed by atoms with Gasteiger partial charge < -0.3 is 10.7 Å². The zero-order chi connectivity index (χ0) is 13.7. The molecule has 0 aliphatic heterocycles. The molecule has 1 heterocycles. The van der Waals surface area contributed by atoms with E-state index in [1.54, 1.807) is 12.1 Å². The molecule has 19 heavy (non-hydrogen) atoms. The van der Waals surface area contributed by atoms with E-state index in [1.807, 2.05) is 6.92 Å². The van der Waals surface area contributed by atoms with E-state index in [4.69, 9.17) is 5.73 Å². The third-order valence-electron chi connectivity index (χ3n) is 3.17. The summed E-state index contributed by atoms with van der Waals surface area (Å²) >= 11 is 0. The van der Waals surface area contributed by atoms with Crippen molar-refractivity contribution in [2.75, 3.05) is 6.54 Å². The molecule has 0 aliphatic carbocycles. The highest BCUT2D eigenvalue weighted by Crippen LogP contribution is 2.21. The van der Waals surface area contributed by atoms with Crippen molar-refractivity contribution >= 4 is 0 Å². The number of benzene rings is 1. The summed E-state index contributed by atoms with van der Waals surface area (Å²) < 4.78 is 12.9. The van der Waals surface area contributed by atoms with E-state index in [2.05, 4.69) is 9.97 Å². The van der Waals surface area contributed by atoms with E-state index >= 15 is 0 Å². The van der Waals surface area contributed by atoms with Crippen LogP contribution in [0.2, 0.25) is 0 Å². The van der Waals surface area contributed by atoms with Crippen LogP contribution in [0.5, 0.6) is 0 Å². The predicted octanol–water partition coefficient (Wildman–Crippen LogP) is 3.20. The fourth-order valence-electron chi connectivity index (χ4n) is 2.14. The van der Waals surface area contributed by atoms with Gasteiger partial charge in [0.2, 0.25) is 0 Å². The van der Waals surface area contributed by atoms with Crippen molar-refractivity contribution in [3.8, 4) is 11.3 Å². The summed E-state index contributed by atoms with van der Waals surface area (Å²) in [6.07, 6.45) is 4.21. The molecule has 2 rings (SSSR count). The number of unbranched alkanes of at least 4 members (excludes halogenated alkanes) is 2. The van der Waals surface area contributed by atoms with Crippen LogP contribution in [0.4, 0.5) is 4.39 Å². The van der Waals surface area contributed by atoms with Crippen LogP contribution in [-0.4, -0.2) is 16.5 Å². The summed E-state index contributed by atoms with van der Waals surface area (Å²) in [5.41, 5.74) is 8.36. The SMILES string of the molecule is Cc1[nH]c(CCCCCN)nc1-c1ccc(F)cc1. The highest BCUT2D eigenvalue weighted by molar-refractivity contribution is 5.61. The second-order valence-corrected chi connectivity index (χ2v) is 4.76. The number of nitrogens with one attached hydrogen (secondary N) is 1. The lowest BCUT2D eigenvalue weighted by atomic mass is 10.1. The Morgan fingerprint density at radius 1 is 1.16 bits per heavy atom. The van der Waals surface area contributed by atoms with Gasteiger partial charge in [0.1, 0.15) is 11.6 Å². The van der Waals surface area contributed by atoms with E-state index in [0.717, 1.165) is 55.0 Å². The van der Waals surface area contributed by atoms with Gasteiger partial charge in [0.05, 0.1) is 5.69 Å². The number of aromatic amines is 1. The van der Waals surface area contributed by atoms with Gasteiger partial charge in [-0.2, -0.15) is 0 Å². The molecule has 0 aliphatic rings. The lowest BCUT2D eigenvalue weighted by Crippen LogP contribution is -1.98. The van der Waals surface area contributed by atoms with Crippen molar-refractivity contribution in [2.45, 2.75) is 32.6 Å². The zero-order valence-corrected chi connectivity index (χ0v) is 11.2. The van der Waals surface area contributed by atoms with Crippen molar-refractivity contribution in [3.05, 3.63) is 41.6 Å². The maximum absolute atomic E-state index is 12.9. The van der Waals surface area contributed by atoms with Gasteiger partial charge in [0.25, 0.3) is 0 Å². The Labute approximate surface area is 113 Å². The standard InChI is InChI=1S/C15H20FN3/c1-11-15(12-6-8-13(16)9-7-12)19-14(18-11)5-3-2-4-10-17/h6-9H,2-5,10,17H2,1H3,(H,18,19).